The van der Waals surface area contributed by atoms with Crippen molar-refractivity contribution in [1.29, 1.82) is 0 Å². The average Bonchev–Trinajstić information content (AvgIpc) is 2.74. The Morgan fingerprint density at radius 2 is 2.28 bits per heavy atom. The van der Waals surface area contributed by atoms with E-state index < -0.39 is 0 Å². The van der Waals surface area contributed by atoms with E-state index in [0.717, 1.165) is 57.9 Å². The highest BCUT2D eigenvalue weighted by atomic mass is 16.5. The van der Waals surface area contributed by atoms with Crippen molar-refractivity contribution < 1.29 is 4.74 Å². The number of nitrogens with zero attached hydrogens (tertiary/aromatic N) is 4. The van der Waals surface area contributed by atoms with Crippen LogP contribution in [0.3, 0.4) is 0 Å². The number of hydrogen-bond acceptors (Lipinski definition) is 5. The second kappa shape index (κ2) is 4.95. The molecule has 3 heterocycles. The molecule has 2 aliphatic rings. The first-order valence-corrected chi connectivity index (χ1v) is 6.74. The maximum atomic E-state index is 6.09. The molecule has 1 atom stereocenters. The highest BCUT2D eigenvalue weighted by Gasteiger charge is 2.38. The number of rotatable bonds is 2. The van der Waals surface area contributed by atoms with Gasteiger partial charge in [0, 0.05) is 38.4 Å². The molecule has 1 fully saturated rings. The SMILES string of the molecule is NCC1(N2CCn3cnnc3C2)CCCOCC1. The summed E-state index contributed by atoms with van der Waals surface area (Å²) in [4.78, 5) is 2.49. The summed E-state index contributed by atoms with van der Waals surface area (Å²) in [7, 11) is 0. The van der Waals surface area contributed by atoms with E-state index in [1.807, 2.05) is 6.33 Å². The van der Waals surface area contributed by atoms with Gasteiger partial charge in [-0.1, -0.05) is 0 Å². The van der Waals surface area contributed by atoms with Crippen molar-refractivity contribution in [1.82, 2.24) is 19.7 Å². The molecule has 100 valence electrons. The van der Waals surface area contributed by atoms with Crippen LogP contribution in [0, 0.1) is 0 Å². The van der Waals surface area contributed by atoms with E-state index in [1.165, 1.54) is 0 Å². The predicted octanol–water partition coefficient (Wildman–Crippen LogP) is -0.00830. The highest BCUT2D eigenvalue weighted by molar-refractivity contribution is 4.99. The fourth-order valence-electron chi connectivity index (χ4n) is 3.11. The smallest absolute Gasteiger partial charge is 0.147 e. The standard InChI is InChI=1S/C12H21N5O/c13-9-12(2-1-6-18-7-3-12)17-5-4-16-10-14-15-11(16)8-17/h10H,1-9,13H2. The summed E-state index contributed by atoms with van der Waals surface area (Å²) < 4.78 is 7.71. The Morgan fingerprint density at radius 3 is 3.17 bits per heavy atom. The van der Waals surface area contributed by atoms with Crippen LogP contribution in [0.1, 0.15) is 25.1 Å². The van der Waals surface area contributed by atoms with Crippen LogP contribution in [0.5, 0.6) is 0 Å². The summed E-state index contributed by atoms with van der Waals surface area (Å²) in [6, 6.07) is 0. The summed E-state index contributed by atoms with van der Waals surface area (Å²) in [6.07, 6.45) is 5.06. The quantitative estimate of drug-likeness (QED) is 0.800. The van der Waals surface area contributed by atoms with Crippen LogP contribution in [0.25, 0.3) is 0 Å². The van der Waals surface area contributed by atoms with Gasteiger partial charge >= 0.3 is 0 Å². The molecule has 0 bridgehead atoms. The van der Waals surface area contributed by atoms with Crippen LogP contribution in [0.4, 0.5) is 0 Å². The minimum Gasteiger partial charge on any atom is -0.381 e. The molecule has 2 aliphatic heterocycles. The molecular weight excluding hydrogens is 230 g/mol. The highest BCUT2D eigenvalue weighted by Crippen LogP contribution is 2.30. The van der Waals surface area contributed by atoms with Crippen LogP contribution in [-0.2, 0) is 17.8 Å². The third kappa shape index (κ3) is 2.04. The van der Waals surface area contributed by atoms with Gasteiger partial charge in [0.2, 0.25) is 0 Å². The van der Waals surface area contributed by atoms with Gasteiger partial charge in [-0.15, -0.1) is 10.2 Å². The van der Waals surface area contributed by atoms with E-state index in [9.17, 15) is 0 Å². The molecule has 6 nitrogen and oxygen atoms in total. The molecule has 18 heavy (non-hydrogen) atoms. The Labute approximate surface area is 107 Å². The Hall–Kier alpha value is -0.980. The Morgan fingerprint density at radius 1 is 1.33 bits per heavy atom. The summed E-state index contributed by atoms with van der Waals surface area (Å²) >= 11 is 0. The van der Waals surface area contributed by atoms with Crippen molar-refractivity contribution in [3.8, 4) is 0 Å². The Bertz CT molecular complexity index is 397. The summed E-state index contributed by atoms with van der Waals surface area (Å²) in [6.45, 7) is 5.24. The van der Waals surface area contributed by atoms with Gasteiger partial charge in [0.1, 0.15) is 12.2 Å². The number of aromatic nitrogens is 3. The molecule has 1 saturated heterocycles. The largest absolute Gasteiger partial charge is 0.381 e. The van der Waals surface area contributed by atoms with Gasteiger partial charge in [-0.3, -0.25) is 4.90 Å². The molecular formula is C12H21N5O. The molecule has 0 spiro atoms. The molecule has 1 aromatic heterocycles. The number of nitrogens with two attached hydrogens (primary N) is 1. The lowest BCUT2D eigenvalue weighted by atomic mass is 9.88. The first-order chi connectivity index (χ1) is 8.84. The topological polar surface area (TPSA) is 69.2 Å². The van der Waals surface area contributed by atoms with Crippen LogP contribution in [0.2, 0.25) is 0 Å². The second-order valence-electron chi connectivity index (χ2n) is 5.26. The lowest BCUT2D eigenvalue weighted by Crippen LogP contribution is -2.56. The third-order valence-electron chi connectivity index (χ3n) is 4.33. The van der Waals surface area contributed by atoms with E-state index in [0.29, 0.717) is 6.54 Å². The van der Waals surface area contributed by atoms with Gasteiger partial charge < -0.3 is 15.0 Å². The molecule has 3 rings (SSSR count). The van der Waals surface area contributed by atoms with Gasteiger partial charge in [-0.05, 0) is 19.3 Å². The van der Waals surface area contributed by atoms with Crippen molar-refractivity contribution in [2.24, 2.45) is 5.73 Å². The van der Waals surface area contributed by atoms with Gasteiger partial charge in [-0.2, -0.15) is 0 Å². The molecule has 0 saturated carbocycles. The van der Waals surface area contributed by atoms with Crippen LogP contribution in [0.15, 0.2) is 6.33 Å². The van der Waals surface area contributed by atoms with Crippen LogP contribution in [-0.4, -0.2) is 51.5 Å². The minimum atomic E-state index is 0.0910. The zero-order chi connectivity index (χ0) is 12.4. The first-order valence-electron chi connectivity index (χ1n) is 6.74. The van der Waals surface area contributed by atoms with E-state index in [-0.39, 0.29) is 5.54 Å². The zero-order valence-corrected chi connectivity index (χ0v) is 10.7. The summed E-state index contributed by atoms with van der Waals surface area (Å²) in [5.74, 6) is 1.05. The van der Waals surface area contributed by atoms with E-state index in [1.54, 1.807) is 0 Å². The van der Waals surface area contributed by atoms with Crippen molar-refractivity contribution in [2.75, 3.05) is 26.3 Å². The van der Waals surface area contributed by atoms with E-state index in [4.69, 9.17) is 10.5 Å². The molecule has 0 radical (unpaired) electrons. The Kier molecular flexibility index (Phi) is 3.32. The molecule has 0 aromatic carbocycles. The third-order valence-corrected chi connectivity index (χ3v) is 4.33. The first kappa shape index (κ1) is 12.1. The molecule has 2 N–H and O–H groups in total. The molecule has 0 aliphatic carbocycles. The zero-order valence-electron chi connectivity index (χ0n) is 10.7. The van der Waals surface area contributed by atoms with E-state index in [2.05, 4.69) is 19.7 Å². The van der Waals surface area contributed by atoms with Crippen molar-refractivity contribution in [3.63, 3.8) is 0 Å². The number of ether oxygens (including phenoxy) is 1. The molecule has 1 unspecified atom stereocenters. The Balaban J connectivity index is 1.80. The average molecular weight is 251 g/mol. The lowest BCUT2D eigenvalue weighted by molar-refractivity contribution is 0.0428. The van der Waals surface area contributed by atoms with Gasteiger partial charge in [-0.25, -0.2) is 0 Å². The minimum absolute atomic E-state index is 0.0910. The van der Waals surface area contributed by atoms with Crippen molar-refractivity contribution in [3.05, 3.63) is 12.2 Å². The number of hydrogen-bond donors (Lipinski definition) is 1. The predicted molar refractivity (Wildman–Crippen MR) is 66.9 cm³/mol. The van der Waals surface area contributed by atoms with Gasteiger partial charge in [0.05, 0.1) is 6.54 Å². The summed E-state index contributed by atoms with van der Waals surface area (Å²) in [5, 5.41) is 8.17. The maximum absolute atomic E-state index is 6.09. The maximum Gasteiger partial charge on any atom is 0.147 e. The van der Waals surface area contributed by atoms with Crippen LogP contribution < -0.4 is 5.73 Å². The molecule has 1 aromatic rings. The van der Waals surface area contributed by atoms with Gasteiger partial charge in [0.15, 0.2) is 0 Å². The fraction of sp³-hybridized carbons (Fsp3) is 0.833. The lowest BCUT2D eigenvalue weighted by Gasteiger charge is -2.44. The molecule has 6 heteroatoms. The van der Waals surface area contributed by atoms with E-state index >= 15 is 0 Å². The second-order valence-corrected chi connectivity index (χ2v) is 5.26. The van der Waals surface area contributed by atoms with Crippen LogP contribution >= 0.6 is 0 Å². The molecule has 0 amide bonds. The summed E-state index contributed by atoms with van der Waals surface area (Å²) in [5.41, 5.74) is 6.18. The fourth-order valence-corrected chi connectivity index (χ4v) is 3.11. The number of fused-ring (bicyclic) bond motifs is 1. The normalized spacial score (nSPS) is 29.8. The monoisotopic (exact) mass is 251 g/mol. The van der Waals surface area contributed by atoms with Crippen molar-refractivity contribution >= 4 is 0 Å². The van der Waals surface area contributed by atoms with Gasteiger partial charge in [0.25, 0.3) is 0 Å². The van der Waals surface area contributed by atoms with Crippen molar-refractivity contribution in [2.45, 2.75) is 37.9 Å².